The predicted octanol–water partition coefficient (Wildman–Crippen LogP) is 4.23. The minimum Gasteiger partial charge on any atom is -0.454 e. The zero-order valence-corrected chi connectivity index (χ0v) is 18.5. The van der Waals surface area contributed by atoms with Gasteiger partial charge in [-0.2, -0.15) is 0 Å². The molecule has 2 aromatic carbocycles. The maximum Gasteiger partial charge on any atom is 0.252 e. The van der Waals surface area contributed by atoms with Gasteiger partial charge in [-0.15, -0.1) is 0 Å². The van der Waals surface area contributed by atoms with Gasteiger partial charge in [0, 0.05) is 23.7 Å². The van der Waals surface area contributed by atoms with Gasteiger partial charge in [-0.25, -0.2) is 0 Å². The van der Waals surface area contributed by atoms with Crippen molar-refractivity contribution in [2.75, 3.05) is 19.9 Å². The highest BCUT2D eigenvalue weighted by Crippen LogP contribution is 2.33. The summed E-state index contributed by atoms with van der Waals surface area (Å²) in [4.78, 5) is 27.9. The number of nitrogens with one attached hydrogen (secondary N) is 1. The van der Waals surface area contributed by atoms with Crippen molar-refractivity contribution < 1.29 is 19.1 Å². The number of carbonyl (C=O) groups is 2. The van der Waals surface area contributed by atoms with Gasteiger partial charge in [0.05, 0.1) is 0 Å². The van der Waals surface area contributed by atoms with E-state index in [-0.39, 0.29) is 24.5 Å². The second-order valence-corrected chi connectivity index (χ2v) is 8.85. The summed E-state index contributed by atoms with van der Waals surface area (Å²) < 4.78 is 10.6. The van der Waals surface area contributed by atoms with E-state index in [1.807, 2.05) is 30.9 Å². The molecular formula is C24H27ClN2O4. The molecule has 1 fully saturated rings. The molecule has 1 atom stereocenters. The highest BCUT2D eigenvalue weighted by molar-refractivity contribution is 6.30. The third-order valence-electron chi connectivity index (χ3n) is 6.00. The van der Waals surface area contributed by atoms with E-state index in [0.29, 0.717) is 36.1 Å². The van der Waals surface area contributed by atoms with E-state index in [9.17, 15) is 9.59 Å². The molecule has 2 aliphatic heterocycles. The Morgan fingerprint density at radius 1 is 1.03 bits per heavy atom. The Hall–Kier alpha value is -2.73. The molecule has 2 aliphatic rings. The largest absolute Gasteiger partial charge is 0.454 e. The molecule has 1 unspecified atom stereocenters. The topological polar surface area (TPSA) is 67.9 Å². The molecule has 7 heteroatoms. The van der Waals surface area contributed by atoms with Crippen molar-refractivity contribution in [3.05, 3.63) is 58.6 Å². The Bertz CT molecular complexity index is 953. The second kappa shape index (κ2) is 9.18. The molecule has 4 rings (SSSR count). The van der Waals surface area contributed by atoms with Crippen molar-refractivity contribution in [3.8, 4) is 11.5 Å². The van der Waals surface area contributed by atoms with Gasteiger partial charge in [-0.3, -0.25) is 9.59 Å². The van der Waals surface area contributed by atoms with E-state index in [2.05, 4.69) is 17.4 Å². The van der Waals surface area contributed by atoms with Crippen LogP contribution < -0.4 is 14.8 Å². The van der Waals surface area contributed by atoms with Crippen LogP contribution in [0.4, 0.5) is 0 Å². The Balaban J connectivity index is 1.38. The van der Waals surface area contributed by atoms with Crippen molar-refractivity contribution >= 4 is 23.4 Å². The first-order valence-corrected chi connectivity index (χ1v) is 11.0. The van der Waals surface area contributed by atoms with Crippen LogP contribution in [0.25, 0.3) is 0 Å². The van der Waals surface area contributed by atoms with Crippen molar-refractivity contribution in [1.82, 2.24) is 10.2 Å². The van der Waals surface area contributed by atoms with Crippen LogP contribution in [0.5, 0.6) is 11.5 Å². The number of carbonyl (C=O) groups excluding carboxylic acids is 2. The molecule has 31 heavy (non-hydrogen) atoms. The zero-order chi connectivity index (χ0) is 22.0. The first-order chi connectivity index (χ1) is 14.9. The van der Waals surface area contributed by atoms with Crippen LogP contribution in [0.2, 0.25) is 5.02 Å². The predicted molar refractivity (Wildman–Crippen MR) is 119 cm³/mol. The van der Waals surface area contributed by atoms with E-state index >= 15 is 0 Å². The Morgan fingerprint density at radius 2 is 1.71 bits per heavy atom. The number of benzene rings is 2. The number of piperidine rings is 1. The summed E-state index contributed by atoms with van der Waals surface area (Å²) in [5.74, 6) is 1.24. The van der Waals surface area contributed by atoms with Crippen LogP contribution in [-0.4, -0.2) is 42.6 Å². The van der Waals surface area contributed by atoms with Gasteiger partial charge in [0.1, 0.15) is 6.04 Å². The monoisotopic (exact) mass is 442 g/mol. The molecule has 2 amide bonds. The first-order valence-electron chi connectivity index (χ1n) is 10.7. The number of hydrogen-bond acceptors (Lipinski definition) is 4. The third-order valence-corrected chi connectivity index (χ3v) is 6.25. The third kappa shape index (κ3) is 4.79. The van der Waals surface area contributed by atoms with Crippen molar-refractivity contribution in [3.63, 3.8) is 0 Å². The minimum absolute atomic E-state index is 0.0283. The van der Waals surface area contributed by atoms with E-state index in [1.165, 1.54) is 5.56 Å². The standard InChI is InChI=1S/C24H27ClN2O4/c1-15(2)22(26-23(28)18-5-8-20-21(13-18)31-14-30-20)24(29)27-11-9-17(10-12-27)16-3-6-19(25)7-4-16/h3-8,13,15,17,22H,9-12,14H2,1-2H3,(H,26,28). The van der Waals surface area contributed by atoms with E-state index in [0.717, 1.165) is 17.9 Å². The van der Waals surface area contributed by atoms with Crippen molar-refractivity contribution in [2.24, 2.45) is 5.92 Å². The molecule has 1 N–H and O–H groups in total. The molecule has 0 bridgehead atoms. The van der Waals surface area contributed by atoms with Crippen LogP contribution in [0.15, 0.2) is 42.5 Å². The van der Waals surface area contributed by atoms with E-state index < -0.39 is 6.04 Å². The average molecular weight is 443 g/mol. The molecule has 6 nitrogen and oxygen atoms in total. The molecule has 164 valence electrons. The van der Waals surface area contributed by atoms with Crippen LogP contribution in [0.1, 0.15) is 48.5 Å². The number of halogens is 1. The van der Waals surface area contributed by atoms with Gasteiger partial charge in [0.15, 0.2) is 11.5 Å². The average Bonchev–Trinajstić information content (AvgIpc) is 3.25. The fourth-order valence-electron chi connectivity index (χ4n) is 4.14. The van der Waals surface area contributed by atoms with Crippen LogP contribution in [-0.2, 0) is 4.79 Å². The summed E-state index contributed by atoms with van der Waals surface area (Å²) >= 11 is 5.99. The lowest BCUT2D eigenvalue weighted by molar-refractivity contribution is -0.135. The molecule has 0 aliphatic carbocycles. The Kier molecular flexibility index (Phi) is 6.37. The summed E-state index contributed by atoms with van der Waals surface area (Å²) in [5, 5.41) is 3.66. The normalized spacial score (nSPS) is 17.0. The van der Waals surface area contributed by atoms with Crippen molar-refractivity contribution in [1.29, 1.82) is 0 Å². The summed E-state index contributed by atoms with van der Waals surface area (Å²) in [6.07, 6.45) is 1.79. The summed E-state index contributed by atoms with van der Waals surface area (Å²) in [6.45, 7) is 5.40. The number of nitrogens with zero attached hydrogens (tertiary/aromatic N) is 1. The first kappa shape index (κ1) is 21.5. The summed E-state index contributed by atoms with van der Waals surface area (Å²) in [6, 6.07) is 12.4. The van der Waals surface area contributed by atoms with Gasteiger partial charge >= 0.3 is 0 Å². The van der Waals surface area contributed by atoms with Crippen molar-refractivity contribution in [2.45, 2.75) is 38.6 Å². The molecular weight excluding hydrogens is 416 g/mol. The maximum absolute atomic E-state index is 13.2. The van der Waals surface area contributed by atoms with E-state index in [1.54, 1.807) is 18.2 Å². The number of ether oxygens (including phenoxy) is 2. The lowest BCUT2D eigenvalue weighted by Gasteiger charge is -2.35. The molecule has 2 heterocycles. The molecule has 0 radical (unpaired) electrons. The van der Waals surface area contributed by atoms with Crippen LogP contribution in [0.3, 0.4) is 0 Å². The van der Waals surface area contributed by atoms with Crippen LogP contribution >= 0.6 is 11.6 Å². The molecule has 0 spiro atoms. The van der Waals surface area contributed by atoms with Gasteiger partial charge < -0.3 is 19.7 Å². The number of hydrogen-bond donors (Lipinski definition) is 1. The SMILES string of the molecule is CC(C)C(NC(=O)c1ccc2c(c1)OCO2)C(=O)N1CCC(c2ccc(Cl)cc2)CC1. The molecule has 0 saturated carbocycles. The number of fused-ring (bicyclic) bond motifs is 1. The van der Waals surface area contributed by atoms with Gasteiger partial charge in [-0.05, 0) is 60.6 Å². The number of likely N-dealkylation sites (tertiary alicyclic amines) is 1. The Labute approximate surface area is 187 Å². The number of amides is 2. The minimum atomic E-state index is -0.579. The Morgan fingerprint density at radius 3 is 2.39 bits per heavy atom. The summed E-state index contributed by atoms with van der Waals surface area (Å²) in [7, 11) is 0. The second-order valence-electron chi connectivity index (χ2n) is 8.41. The zero-order valence-electron chi connectivity index (χ0n) is 17.8. The maximum atomic E-state index is 13.2. The van der Waals surface area contributed by atoms with Gasteiger partial charge in [-0.1, -0.05) is 37.6 Å². The lowest BCUT2D eigenvalue weighted by Crippen LogP contribution is -2.52. The van der Waals surface area contributed by atoms with Gasteiger partial charge in [0.25, 0.3) is 5.91 Å². The molecule has 2 aromatic rings. The highest BCUT2D eigenvalue weighted by Gasteiger charge is 2.32. The fourth-order valence-corrected chi connectivity index (χ4v) is 4.27. The van der Waals surface area contributed by atoms with E-state index in [4.69, 9.17) is 21.1 Å². The van der Waals surface area contributed by atoms with Crippen LogP contribution in [0, 0.1) is 5.92 Å². The molecule has 1 saturated heterocycles. The quantitative estimate of drug-likeness (QED) is 0.752. The fraction of sp³-hybridized carbons (Fsp3) is 0.417. The molecule has 0 aromatic heterocycles. The lowest BCUT2D eigenvalue weighted by atomic mass is 9.89. The highest BCUT2D eigenvalue weighted by atomic mass is 35.5. The number of rotatable bonds is 5. The summed E-state index contributed by atoms with van der Waals surface area (Å²) in [5.41, 5.74) is 1.71. The smallest absolute Gasteiger partial charge is 0.252 e. The van der Waals surface area contributed by atoms with Gasteiger partial charge in [0.2, 0.25) is 12.7 Å².